The summed E-state index contributed by atoms with van der Waals surface area (Å²) in [5, 5.41) is 11.0. The van der Waals surface area contributed by atoms with Crippen molar-refractivity contribution in [3.8, 4) is 5.75 Å². The normalized spacial score (nSPS) is 10.1. The first-order valence-corrected chi connectivity index (χ1v) is 6.06. The molecule has 0 aliphatic carbocycles. The van der Waals surface area contributed by atoms with Crippen molar-refractivity contribution in [2.45, 2.75) is 0 Å². The van der Waals surface area contributed by atoms with Crippen LogP contribution in [-0.4, -0.2) is 30.2 Å². The number of ether oxygens (including phenoxy) is 1. The van der Waals surface area contributed by atoms with Gasteiger partial charge in [-0.15, -0.1) is 11.3 Å². The maximum Gasteiger partial charge on any atom is 0.355 e. The molecule has 1 N–H and O–H groups in total. The van der Waals surface area contributed by atoms with Crippen molar-refractivity contribution in [3.63, 3.8) is 0 Å². The van der Waals surface area contributed by atoms with Crippen molar-refractivity contribution in [2.75, 3.05) is 19.1 Å². The van der Waals surface area contributed by atoms with Gasteiger partial charge in [0.25, 0.3) is 0 Å². The Morgan fingerprint density at radius 1 is 1.39 bits per heavy atom. The Morgan fingerprint density at radius 2 is 2.06 bits per heavy atom. The van der Waals surface area contributed by atoms with Gasteiger partial charge >= 0.3 is 5.97 Å². The van der Waals surface area contributed by atoms with Gasteiger partial charge in [-0.05, 0) is 24.3 Å². The molecule has 18 heavy (non-hydrogen) atoms. The van der Waals surface area contributed by atoms with Gasteiger partial charge in [0.15, 0.2) is 10.8 Å². The van der Waals surface area contributed by atoms with Crippen molar-refractivity contribution in [1.82, 2.24) is 4.98 Å². The minimum absolute atomic E-state index is 0.0651. The first-order valence-electron chi connectivity index (χ1n) is 5.18. The van der Waals surface area contributed by atoms with Gasteiger partial charge in [0.1, 0.15) is 5.75 Å². The van der Waals surface area contributed by atoms with E-state index in [9.17, 15) is 4.79 Å². The Balaban J connectivity index is 2.23. The summed E-state index contributed by atoms with van der Waals surface area (Å²) in [6, 6.07) is 7.47. The Bertz CT molecular complexity index is 551. The van der Waals surface area contributed by atoms with Crippen LogP contribution in [0.3, 0.4) is 0 Å². The summed E-state index contributed by atoms with van der Waals surface area (Å²) in [4.78, 5) is 16.6. The highest BCUT2D eigenvalue weighted by Crippen LogP contribution is 2.28. The molecule has 0 aliphatic rings. The molecule has 0 fully saturated rings. The zero-order valence-corrected chi connectivity index (χ0v) is 10.8. The predicted octanol–water partition coefficient (Wildman–Crippen LogP) is 2.62. The third kappa shape index (κ3) is 2.43. The highest BCUT2D eigenvalue weighted by molar-refractivity contribution is 7.14. The fourth-order valence-electron chi connectivity index (χ4n) is 1.43. The predicted molar refractivity (Wildman–Crippen MR) is 70.1 cm³/mol. The summed E-state index contributed by atoms with van der Waals surface area (Å²) >= 11 is 1.29. The number of thiazole rings is 1. The maximum absolute atomic E-state index is 10.8. The SMILES string of the molecule is COc1ccc(N(C)c2nc(C(=O)O)cs2)cc1. The van der Waals surface area contributed by atoms with Crippen molar-refractivity contribution in [3.05, 3.63) is 35.3 Å². The molecule has 2 rings (SSSR count). The average molecular weight is 264 g/mol. The second-order valence-electron chi connectivity index (χ2n) is 3.58. The zero-order chi connectivity index (χ0) is 13.1. The summed E-state index contributed by atoms with van der Waals surface area (Å²) in [6.07, 6.45) is 0. The number of nitrogens with zero attached hydrogens (tertiary/aromatic N) is 2. The van der Waals surface area contributed by atoms with Crippen molar-refractivity contribution >= 4 is 28.1 Å². The number of anilines is 2. The van der Waals surface area contributed by atoms with Crippen LogP contribution in [0, 0.1) is 0 Å². The number of aromatic nitrogens is 1. The lowest BCUT2D eigenvalue weighted by atomic mass is 10.3. The number of carbonyl (C=O) groups is 1. The van der Waals surface area contributed by atoms with Crippen LogP contribution in [-0.2, 0) is 0 Å². The van der Waals surface area contributed by atoms with E-state index in [2.05, 4.69) is 4.98 Å². The number of carboxylic acid groups (broad SMARTS) is 1. The van der Waals surface area contributed by atoms with Gasteiger partial charge in [-0.1, -0.05) is 0 Å². The highest BCUT2D eigenvalue weighted by Gasteiger charge is 2.12. The van der Waals surface area contributed by atoms with E-state index in [0.29, 0.717) is 5.13 Å². The molecule has 0 aliphatic heterocycles. The molecule has 0 atom stereocenters. The minimum Gasteiger partial charge on any atom is -0.497 e. The molecule has 6 heteroatoms. The Morgan fingerprint density at radius 3 is 2.56 bits per heavy atom. The van der Waals surface area contributed by atoms with E-state index in [1.807, 2.05) is 36.2 Å². The van der Waals surface area contributed by atoms with Crippen LogP contribution in [0.15, 0.2) is 29.6 Å². The van der Waals surface area contributed by atoms with Gasteiger partial charge in [-0.2, -0.15) is 0 Å². The van der Waals surface area contributed by atoms with Gasteiger partial charge in [0.05, 0.1) is 7.11 Å². The number of methoxy groups -OCH3 is 1. The molecule has 0 radical (unpaired) electrons. The van der Waals surface area contributed by atoms with Crippen LogP contribution in [0.2, 0.25) is 0 Å². The Hall–Kier alpha value is -2.08. The topological polar surface area (TPSA) is 62.7 Å². The molecular formula is C12H12N2O3S. The van der Waals surface area contributed by atoms with E-state index in [1.165, 1.54) is 16.7 Å². The van der Waals surface area contributed by atoms with Gasteiger partial charge in [-0.3, -0.25) is 0 Å². The molecule has 2 aromatic rings. The van der Waals surface area contributed by atoms with E-state index in [4.69, 9.17) is 9.84 Å². The maximum atomic E-state index is 10.8. The molecule has 1 aromatic carbocycles. The van der Waals surface area contributed by atoms with Crippen LogP contribution in [0.25, 0.3) is 0 Å². The van der Waals surface area contributed by atoms with Crippen molar-refractivity contribution in [2.24, 2.45) is 0 Å². The number of carboxylic acids is 1. The summed E-state index contributed by atoms with van der Waals surface area (Å²) in [6.45, 7) is 0. The molecule has 0 saturated heterocycles. The van der Waals surface area contributed by atoms with Gasteiger partial charge < -0.3 is 14.7 Å². The molecule has 0 spiro atoms. The second kappa shape index (κ2) is 5.05. The third-order valence-corrected chi connectivity index (χ3v) is 3.37. The highest BCUT2D eigenvalue weighted by atomic mass is 32.1. The van der Waals surface area contributed by atoms with Gasteiger partial charge in [0, 0.05) is 18.1 Å². The third-order valence-electron chi connectivity index (χ3n) is 2.46. The monoisotopic (exact) mass is 264 g/mol. The van der Waals surface area contributed by atoms with E-state index >= 15 is 0 Å². The Labute approximate surface area is 108 Å². The number of benzene rings is 1. The van der Waals surface area contributed by atoms with Crippen LogP contribution in [0.1, 0.15) is 10.5 Å². The quantitative estimate of drug-likeness (QED) is 0.919. The lowest BCUT2D eigenvalue weighted by molar-refractivity contribution is 0.0691. The molecule has 0 bridgehead atoms. The van der Waals surface area contributed by atoms with Crippen LogP contribution >= 0.6 is 11.3 Å². The number of rotatable bonds is 4. The summed E-state index contributed by atoms with van der Waals surface area (Å²) in [7, 11) is 3.45. The fraction of sp³-hybridized carbons (Fsp3) is 0.167. The molecule has 1 aromatic heterocycles. The zero-order valence-electron chi connectivity index (χ0n) is 9.95. The number of hydrogen-bond acceptors (Lipinski definition) is 5. The van der Waals surface area contributed by atoms with Gasteiger partial charge in [0.2, 0.25) is 0 Å². The Kier molecular flexibility index (Phi) is 3.47. The molecular weight excluding hydrogens is 252 g/mol. The van der Waals surface area contributed by atoms with Crippen molar-refractivity contribution in [1.29, 1.82) is 0 Å². The minimum atomic E-state index is -1.01. The molecule has 0 unspecified atom stereocenters. The number of aromatic carboxylic acids is 1. The van der Waals surface area contributed by atoms with Crippen LogP contribution in [0.4, 0.5) is 10.8 Å². The molecule has 94 valence electrons. The van der Waals surface area contributed by atoms with Crippen molar-refractivity contribution < 1.29 is 14.6 Å². The largest absolute Gasteiger partial charge is 0.497 e. The molecule has 0 saturated carbocycles. The van der Waals surface area contributed by atoms with Gasteiger partial charge in [-0.25, -0.2) is 9.78 Å². The molecule has 0 amide bonds. The second-order valence-corrected chi connectivity index (χ2v) is 4.41. The standard InChI is InChI=1S/C12H12N2O3S/c1-14(8-3-5-9(17-2)6-4-8)12-13-10(7-18-12)11(15)16/h3-7H,1-2H3,(H,15,16). The van der Waals surface area contributed by atoms with E-state index in [1.54, 1.807) is 7.11 Å². The van der Waals surface area contributed by atoms with Crippen LogP contribution in [0.5, 0.6) is 5.75 Å². The first-order chi connectivity index (χ1) is 8.61. The smallest absolute Gasteiger partial charge is 0.355 e. The van der Waals surface area contributed by atoms with Crippen LogP contribution < -0.4 is 9.64 Å². The lowest BCUT2D eigenvalue weighted by Crippen LogP contribution is -2.09. The number of hydrogen-bond donors (Lipinski definition) is 1. The van der Waals surface area contributed by atoms with E-state index in [-0.39, 0.29) is 5.69 Å². The average Bonchev–Trinajstić information content (AvgIpc) is 2.88. The summed E-state index contributed by atoms with van der Waals surface area (Å²) in [5.41, 5.74) is 0.984. The fourth-order valence-corrected chi connectivity index (χ4v) is 2.22. The molecule has 1 heterocycles. The van der Waals surface area contributed by atoms with E-state index in [0.717, 1.165) is 11.4 Å². The lowest BCUT2D eigenvalue weighted by Gasteiger charge is -2.15. The summed E-state index contributed by atoms with van der Waals surface area (Å²) in [5.74, 6) is -0.238. The van der Waals surface area contributed by atoms with E-state index < -0.39 is 5.97 Å². The molecule has 5 nitrogen and oxygen atoms in total. The first kappa shape index (κ1) is 12.4. The summed E-state index contributed by atoms with van der Waals surface area (Å²) < 4.78 is 5.08.